The molecule has 0 aliphatic rings. The monoisotopic (exact) mass is 296 g/mol. The van der Waals surface area contributed by atoms with E-state index in [1.807, 2.05) is 0 Å². The van der Waals surface area contributed by atoms with Crippen molar-refractivity contribution < 1.29 is 14.3 Å². The lowest BCUT2D eigenvalue weighted by molar-refractivity contribution is 0.163. The van der Waals surface area contributed by atoms with E-state index in [1.54, 1.807) is 12.1 Å². The largest absolute Gasteiger partial charge is 0.396 e. The van der Waals surface area contributed by atoms with Crippen molar-refractivity contribution in [3.63, 3.8) is 0 Å². The fourth-order valence-electron chi connectivity index (χ4n) is 2.34. The highest BCUT2D eigenvalue weighted by Gasteiger charge is 2.25. The van der Waals surface area contributed by atoms with Crippen LogP contribution in [0.15, 0.2) is 24.3 Å². The van der Waals surface area contributed by atoms with Gasteiger partial charge in [0.25, 0.3) is 0 Å². The molecule has 0 bridgehead atoms. The quantitative estimate of drug-likeness (QED) is 0.691. The van der Waals surface area contributed by atoms with E-state index in [-0.39, 0.29) is 30.4 Å². The van der Waals surface area contributed by atoms with Gasteiger partial charge in [-0.05, 0) is 42.4 Å². The molecule has 0 aliphatic heterocycles. The van der Waals surface area contributed by atoms with Gasteiger partial charge in [-0.3, -0.25) is 0 Å². The summed E-state index contributed by atoms with van der Waals surface area (Å²) in [6, 6.07) is 5.87. The van der Waals surface area contributed by atoms with Crippen molar-refractivity contribution in [2.45, 2.75) is 39.7 Å². The second-order valence-corrected chi connectivity index (χ2v) is 5.35. The first-order valence-corrected chi connectivity index (χ1v) is 7.42. The predicted octanol–water partition coefficient (Wildman–Crippen LogP) is 2.81. The lowest BCUT2D eigenvalue weighted by atomic mass is 9.79. The standard InChI is InChI=1S/C16H25FN2O2/c1-3-16(4-2,8-9-20)12-19-15(21)18-11-13-6-5-7-14(17)10-13/h5-7,10,20H,3-4,8-9,11-12H2,1-2H3,(H2,18,19,21). The number of aliphatic hydroxyl groups excluding tert-OH is 1. The molecule has 1 aromatic carbocycles. The number of urea groups is 1. The molecule has 2 amide bonds. The van der Waals surface area contributed by atoms with Gasteiger partial charge in [-0.1, -0.05) is 26.0 Å². The second-order valence-electron chi connectivity index (χ2n) is 5.35. The van der Waals surface area contributed by atoms with E-state index in [0.717, 1.165) is 18.4 Å². The van der Waals surface area contributed by atoms with Gasteiger partial charge in [0.05, 0.1) is 0 Å². The first-order valence-electron chi connectivity index (χ1n) is 7.42. The van der Waals surface area contributed by atoms with Crippen LogP contribution in [0.2, 0.25) is 0 Å². The summed E-state index contributed by atoms with van der Waals surface area (Å²) in [5.41, 5.74) is 0.656. The molecule has 3 N–H and O–H groups in total. The number of hydrogen-bond donors (Lipinski definition) is 3. The number of hydrogen-bond acceptors (Lipinski definition) is 2. The van der Waals surface area contributed by atoms with Crippen LogP contribution < -0.4 is 10.6 Å². The zero-order valence-electron chi connectivity index (χ0n) is 12.8. The van der Waals surface area contributed by atoms with Crippen LogP contribution in [0, 0.1) is 11.2 Å². The van der Waals surface area contributed by atoms with Crippen LogP contribution >= 0.6 is 0 Å². The molecule has 4 nitrogen and oxygen atoms in total. The highest BCUT2D eigenvalue weighted by Crippen LogP contribution is 2.29. The molecule has 0 aliphatic carbocycles. The topological polar surface area (TPSA) is 61.4 Å². The van der Waals surface area contributed by atoms with Crippen LogP contribution in [0.3, 0.4) is 0 Å². The summed E-state index contributed by atoms with van der Waals surface area (Å²) >= 11 is 0. The number of benzene rings is 1. The van der Waals surface area contributed by atoms with Crippen LogP contribution in [0.25, 0.3) is 0 Å². The molecule has 0 saturated carbocycles. The SMILES string of the molecule is CCC(CC)(CCO)CNC(=O)NCc1cccc(F)c1. The van der Waals surface area contributed by atoms with Gasteiger partial charge in [0.2, 0.25) is 0 Å². The molecule has 0 radical (unpaired) electrons. The fourth-order valence-corrected chi connectivity index (χ4v) is 2.34. The Morgan fingerprint density at radius 2 is 2.00 bits per heavy atom. The molecule has 0 unspecified atom stereocenters. The van der Waals surface area contributed by atoms with Gasteiger partial charge in [0, 0.05) is 19.7 Å². The molecule has 0 spiro atoms. The third-order valence-corrected chi connectivity index (χ3v) is 4.11. The smallest absolute Gasteiger partial charge is 0.315 e. The maximum absolute atomic E-state index is 13.0. The van der Waals surface area contributed by atoms with Gasteiger partial charge in [0.1, 0.15) is 5.82 Å². The van der Waals surface area contributed by atoms with Crippen molar-refractivity contribution in [3.8, 4) is 0 Å². The Labute approximate surface area is 125 Å². The molecule has 0 atom stereocenters. The lowest BCUT2D eigenvalue weighted by Crippen LogP contribution is -2.42. The van der Waals surface area contributed by atoms with Gasteiger partial charge in [-0.25, -0.2) is 9.18 Å². The number of nitrogens with one attached hydrogen (secondary N) is 2. The summed E-state index contributed by atoms with van der Waals surface area (Å²) in [5, 5.41) is 14.7. The number of halogens is 1. The molecule has 1 rings (SSSR count). The zero-order valence-corrected chi connectivity index (χ0v) is 12.8. The summed E-state index contributed by atoms with van der Waals surface area (Å²) in [5.74, 6) is -0.311. The average molecular weight is 296 g/mol. The molecular weight excluding hydrogens is 271 g/mol. The Morgan fingerprint density at radius 3 is 2.57 bits per heavy atom. The Balaban J connectivity index is 2.43. The van der Waals surface area contributed by atoms with E-state index >= 15 is 0 Å². The van der Waals surface area contributed by atoms with Crippen LogP contribution in [-0.4, -0.2) is 24.3 Å². The van der Waals surface area contributed by atoms with Crippen molar-refractivity contribution in [3.05, 3.63) is 35.6 Å². The van der Waals surface area contributed by atoms with E-state index in [1.165, 1.54) is 12.1 Å². The van der Waals surface area contributed by atoms with Crippen LogP contribution in [0.5, 0.6) is 0 Å². The third kappa shape index (κ3) is 5.71. The van der Waals surface area contributed by atoms with E-state index < -0.39 is 0 Å². The molecule has 0 heterocycles. The van der Waals surface area contributed by atoms with Crippen molar-refractivity contribution in [2.75, 3.05) is 13.2 Å². The summed E-state index contributed by atoms with van der Waals surface area (Å²) in [7, 11) is 0. The van der Waals surface area contributed by atoms with Gasteiger partial charge in [-0.2, -0.15) is 0 Å². The summed E-state index contributed by atoms with van der Waals surface area (Å²) in [6.07, 6.45) is 2.46. The summed E-state index contributed by atoms with van der Waals surface area (Å²) in [4.78, 5) is 11.8. The molecule has 118 valence electrons. The first-order chi connectivity index (χ1) is 10.0. The van der Waals surface area contributed by atoms with Gasteiger partial charge in [0.15, 0.2) is 0 Å². The number of amides is 2. The van der Waals surface area contributed by atoms with E-state index in [4.69, 9.17) is 5.11 Å². The first kappa shape index (κ1) is 17.4. The number of aliphatic hydroxyl groups is 1. The Morgan fingerprint density at radius 1 is 1.29 bits per heavy atom. The minimum Gasteiger partial charge on any atom is -0.396 e. The Bertz CT molecular complexity index is 448. The molecule has 5 heteroatoms. The Hall–Kier alpha value is -1.62. The summed E-state index contributed by atoms with van der Waals surface area (Å²) < 4.78 is 13.0. The maximum atomic E-state index is 13.0. The molecule has 1 aromatic rings. The van der Waals surface area contributed by atoms with E-state index in [2.05, 4.69) is 24.5 Å². The highest BCUT2D eigenvalue weighted by atomic mass is 19.1. The molecule has 0 saturated heterocycles. The average Bonchev–Trinajstić information content (AvgIpc) is 2.49. The van der Waals surface area contributed by atoms with Crippen molar-refractivity contribution >= 4 is 6.03 Å². The van der Waals surface area contributed by atoms with E-state index in [0.29, 0.717) is 13.0 Å². The van der Waals surface area contributed by atoms with Crippen LogP contribution in [-0.2, 0) is 6.54 Å². The predicted molar refractivity (Wildman–Crippen MR) is 81.4 cm³/mol. The lowest BCUT2D eigenvalue weighted by Gasteiger charge is -2.31. The molecule has 21 heavy (non-hydrogen) atoms. The number of rotatable bonds is 8. The number of carbonyl (C=O) groups is 1. The third-order valence-electron chi connectivity index (χ3n) is 4.11. The maximum Gasteiger partial charge on any atom is 0.315 e. The molecule has 0 aromatic heterocycles. The summed E-state index contributed by atoms with van der Waals surface area (Å²) in [6.45, 7) is 5.05. The van der Waals surface area contributed by atoms with Crippen molar-refractivity contribution in [1.82, 2.24) is 10.6 Å². The van der Waals surface area contributed by atoms with Gasteiger partial charge >= 0.3 is 6.03 Å². The van der Waals surface area contributed by atoms with Gasteiger partial charge < -0.3 is 15.7 Å². The molecule has 0 fully saturated rings. The molecular formula is C16H25FN2O2. The van der Waals surface area contributed by atoms with E-state index in [9.17, 15) is 9.18 Å². The minimum atomic E-state index is -0.311. The minimum absolute atomic E-state index is 0.0645. The highest BCUT2D eigenvalue weighted by molar-refractivity contribution is 5.73. The van der Waals surface area contributed by atoms with Crippen LogP contribution in [0.4, 0.5) is 9.18 Å². The Kier molecular flexibility index (Phi) is 7.15. The second kappa shape index (κ2) is 8.62. The van der Waals surface area contributed by atoms with Gasteiger partial charge in [-0.15, -0.1) is 0 Å². The zero-order chi connectivity index (χ0) is 15.7. The van der Waals surface area contributed by atoms with Crippen LogP contribution in [0.1, 0.15) is 38.7 Å². The fraction of sp³-hybridized carbons (Fsp3) is 0.562. The number of carbonyl (C=O) groups excluding carboxylic acids is 1. The van der Waals surface area contributed by atoms with Crippen molar-refractivity contribution in [1.29, 1.82) is 0 Å². The normalized spacial score (nSPS) is 11.2. The van der Waals surface area contributed by atoms with Crippen molar-refractivity contribution in [2.24, 2.45) is 5.41 Å².